The minimum atomic E-state index is -0.567. The van der Waals surface area contributed by atoms with Gasteiger partial charge in [0, 0.05) is 26.5 Å². The summed E-state index contributed by atoms with van der Waals surface area (Å²) in [7, 11) is 0. The molecule has 1 heterocycles. The molecule has 4 rings (SSSR count). The smallest absolute Gasteiger partial charge is 0.312 e. The highest BCUT2D eigenvalue weighted by Crippen LogP contribution is 2.34. The third-order valence-electron chi connectivity index (χ3n) is 5.22. The van der Waals surface area contributed by atoms with E-state index in [1.54, 1.807) is 24.3 Å². The lowest BCUT2D eigenvalue weighted by atomic mass is 10.1. The fraction of sp³-hybridized carbons (Fsp3) is 0.160. The van der Waals surface area contributed by atoms with Crippen molar-refractivity contribution in [2.75, 3.05) is 0 Å². The predicted molar refractivity (Wildman–Crippen MR) is 142 cm³/mol. The molecule has 0 N–H and O–H groups in total. The van der Waals surface area contributed by atoms with Gasteiger partial charge in [0.2, 0.25) is 5.75 Å². The second-order valence-corrected chi connectivity index (χ2v) is 9.99. The van der Waals surface area contributed by atoms with Gasteiger partial charge in [-0.15, -0.1) is 0 Å². The molecule has 0 aliphatic heterocycles. The van der Waals surface area contributed by atoms with E-state index < -0.39 is 10.7 Å². The topological polar surface area (TPSA) is 99.6 Å². The number of hydrogen-bond acceptors (Lipinski definition) is 6. The first-order chi connectivity index (χ1) is 17.1. The van der Waals surface area contributed by atoms with Crippen molar-refractivity contribution < 1.29 is 14.1 Å². The van der Waals surface area contributed by atoms with Crippen LogP contribution in [0.2, 0.25) is 0 Å². The first-order valence-electron chi connectivity index (χ1n) is 10.8. The van der Waals surface area contributed by atoms with Crippen LogP contribution in [0.25, 0.3) is 10.9 Å². The van der Waals surface area contributed by atoms with E-state index in [0.29, 0.717) is 26.8 Å². The Morgan fingerprint density at radius 1 is 1.14 bits per heavy atom. The highest BCUT2D eigenvalue weighted by atomic mass is 79.9. The van der Waals surface area contributed by atoms with Crippen LogP contribution in [0.5, 0.6) is 5.75 Å². The number of ether oxygens (including phenoxy) is 1. The zero-order valence-corrected chi connectivity index (χ0v) is 22.3. The minimum absolute atomic E-state index is 0.0353. The van der Waals surface area contributed by atoms with Gasteiger partial charge in [0.25, 0.3) is 5.56 Å². The number of fused-ring (bicyclic) bond motifs is 1. The van der Waals surface area contributed by atoms with Crippen LogP contribution in [0, 0.1) is 15.9 Å². The second kappa shape index (κ2) is 10.7. The van der Waals surface area contributed by atoms with Crippen LogP contribution < -0.4 is 10.3 Å². The summed E-state index contributed by atoms with van der Waals surface area (Å²) in [4.78, 5) is 29.1. The molecular weight excluding hydrogens is 599 g/mol. The van der Waals surface area contributed by atoms with Crippen molar-refractivity contribution >= 4 is 54.7 Å². The Labute approximate surface area is 221 Å². The average Bonchev–Trinajstić information content (AvgIpc) is 2.83. The van der Waals surface area contributed by atoms with Crippen LogP contribution in [0.1, 0.15) is 36.7 Å². The zero-order chi connectivity index (χ0) is 26.0. The summed E-state index contributed by atoms with van der Waals surface area (Å²) < 4.78 is 21.4. The van der Waals surface area contributed by atoms with Crippen molar-refractivity contribution in [3.05, 3.63) is 107 Å². The highest BCUT2D eigenvalue weighted by Gasteiger charge is 2.21. The molecule has 4 aromatic rings. The quantitative estimate of drug-likeness (QED) is 0.133. The molecule has 0 saturated carbocycles. The summed E-state index contributed by atoms with van der Waals surface area (Å²) in [5.74, 6) is -0.131. The number of benzene rings is 3. The van der Waals surface area contributed by atoms with Gasteiger partial charge in [-0.3, -0.25) is 14.9 Å². The lowest BCUT2D eigenvalue weighted by molar-refractivity contribution is -0.386. The maximum absolute atomic E-state index is 13.3. The molecule has 1 aromatic heterocycles. The van der Waals surface area contributed by atoms with E-state index in [0.717, 1.165) is 4.47 Å². The summed E-state index contributed by atoms with van der Waals surface area (Å²) in [5.41, 5.74) is 0.775. The number of rotatable bonds is 7. The van der Waals surface area contributed by atoms with Crippen LogP contribution in [-0.2, 0) is 6.61 Å². The lowest BCUT2D eigenvalue weighted by Gasteiger charge is -2.13. The largest absolute Gasteiger partial charge is 0.481 e. The first-order valence-corrected chi connectivity index (χ1v) is 12.3. The molecule has 8 nitrogen and oxygen atoms in total. The summed E-state index contributed by atoms with van der Waals surface area (Å²) in [5, 5.41) is 16.5. The van der Waals surface area contributed by atoms with Gasteiger partial charge in [0.1, 0.15) is 18.2 Å². The van der Waals surface area contributed by atoms with E-state index >= 15 is 0 Å². The maximum atomic E-state index is 13.3. The maximum Gasteiger partial charge on any atom is 0.312 e. The van der Waals surface area contributed by atoms with Gasteiger partial charge in [-0.25, -0.2) is 9.37 Å². The molecule has 0 atom stereocenters. The van der Waals surface area contributed by atoms with E-state index in [4.69, 9.17) is 4.74 Å². The van der Waals surface area contributed by atoms with E-state index in [2.05, 4.69) is 41.9 Å². The Morgan fingerprint density at radius 3 is 2.53 bits per heavy atom. The van der Waals surface area contributed by atoms with E-state index in [1.165, 1.54) is 41.2 Å². The molecule has 0 saturated heterocycles. The van der Waals surface area contributed by atoms with E-state index in [9.17, 15) is 19.3 Å². The van der Waals surface area contributed by atoms with Crippen molar-refractivity contribution in [1.29, 1.82) is 0 Å². The van der Waals surface area contributed by atoms with E-state index in [-0.39, 0.29) is 35.1 Å². The Balaban J connectivity index is 1.82. The fourth-order valence-electron chi connectivity index (χ4n) is 3.50. The summed E-state index contributed by atoms with van der Waals surface area (Å²) in [6.45, 7) is 3.74. The third kappa shape index (κ3) is 5.52. The number of nitro benzene ring substituents is 1. The molecule has 0 aliphatic rings. The summed E-state index contributed by atoms with van der Waals surface area (Å²) >= 11 is 6.66. The predicted octanol–water partition coefficient (Wildman–Crippen LogP) is 6.55. The zero-order valence-electron chi connectivity index (χ0n) is 19.1. The Bertz CT molecular complexity index is 1550. The van der Waals surface area contributed by atoms with Crippen molar-refractivity contribution in [2.45, 2.75) is 26.4 Å². The number of hydrogen-bond donors (Lipinski definition) is 0. The fourth-order valence-corrected chi connectivity index (χ4v) is 4.32. The van der Waals surface area contributed by atoms with Gasteiger partial charge in [0.15, 0.2) is 0 Å². The van der Waals surface area contributed by atoms with Crippen molar-refractivity contribution in [3.63, 3.8) is 0 Å². The molecule has 3 aromatic carbocycles. The van der Waals surface area contributed by atoms with Crippen LogP contribution in [0.4, 0.5) is 10.1 Å². The molecule has 36 heavy (non-hydrogen) atoms. The Morgan fingerprint density at radius 2 is 1.86 bits per heavy atom. The summed E-state index contributed by atoms with van der Waals surface area (Å²) in [6.07, 6.45) is 1.33. The van der Waals surface area contributed by atoms with Crippen LogP contribution >= 0.6 is 31.9 Å². The van der Waals surface area contributed by atoms with Crippen molar-refractivity contribution in [3.8, 4) is 5.75 Å². The number of aromatic nitrogens is 2. The van der Waals surface area contributed by atoms with Crippen LogP contribution in [0.3, 0.4) is 0 Å². The standard InChI is InChI=1S/C25H19Br2FN4O4/c1-14(2)24-30-21-8-5-17(26)10-20(21)25(33)31(24)29-12-16-9-18(27)11-22(32(34)35)23(16)36-13-15-3-6-19(28)7-4-15/h3-12,14H,13H2,1-2H3. The van der Waals surface area contributed by atoms with Crippen LogP contribution in [0.15, 0.2) is 73.4 Å². The Kier molecular flexibility index (Phi) is 7.60. The molecule has 0 radical (unpaired) electrons. The Hall–Kier alpha value is -3.44. The molecule has 184 valence electrons. The molecule has 0 spiro atoms. The van der Waals surface area contributed by atoms with Gasteiger partial charge in [-0.2, -0.15) is 9.78 Å². The van der Waals surface area contributed by atoms with Crippen LogP contribution in [-0.4, -0.2) is 20.8 Å². The number of nitrogens with zero attached hydrogens (tertiary/aromatic N) is 4. The number of halogens is 3. The lowest BCUT2D eigenvalue weighted by Crippen LogP contribution is -2.23. The van der Waals surface area contributed by atoms with Gasteiger partial charge in [-0.1, -0.05) is 57.8 Å². The van der Waals surface area contributed by atoms with Gasteiger partial charge < -0.3 is 4.74 Å². The van der Waals surface area contributed by atoms with Gasteiger partial charge in [0.05, 0.1) is 22.0 Å². The normalized spacial score (nSPS) is 11.5. The number of nitro groups is 1. The van der Waals surface area contributed by atoms with Crippen molar-refractivity contribution in [1.82, 2.24) is 9.66 Å². The molecule has 0 unspecified atom stereocenters. The second-order valence-electron chi connectivity index (χ2n) is 8.16. The van der Waals surface area contributed by atoms with Gasteiger partial charge in [-0.05, 0) is 42.0 Å². The molecule has 0 aliphatic carbocycles. The molecule has 0 bridgehead atoms. The SMILES string of the molecule is CC(C)c1nc2ccc(Br)cc2c(=O)n1N=Cc1cc(Br)cc([N+](=O)[O-])c1OCc1ccc(F)cc1. The monoisotopic (exact) mass is 616 g/mol. The molecular formula is C25H19Br2FN4O4. The summed E-state index contributed by atoms with van der Waals surface area (Å²) in [6, 6.07) is 13.8. The van der Waals surface area contributed by atoms with Crippen molar-refractivity contribution in [2.24, 2.45) is 5.10 Å². The van der Waals surface area contributed by atoms with E-state index in [1.807, 2.05) is 13.8 Å². The average molecular weight is 618 g/mol. The highest BCUT2D eigenvalue weighted by molar-refractivity contribution is 9.10. The minimum Gasteiger partial charge on any atom is -0.481 e. The first kappa shape index (κ1) is 25.6. The molecule has 0 fully saturated rings. The van der Waals surface area contributed by atoms with Gasteiger partial charge >= 0.3 is 5.69 Å². The molecule has 11 heteroatoms. The third-order valence-corrected chi connectivity index (χ3v) is 6.17. The molecule has 0 amide bonds.